The highest BCUT2D eigenvalue weighted by atomic mass is 15.2. The molecule has 1 aromatic carbocycles. The van der Waals surface area contributed by atoms with Gasteiger partial charge in [-0.15, -0.1) is 0 Å². The number of rotatable bonds is 10. The molecule has 0 bridgehead atoms. The van der Waals surface area contributed by atoms with E-state index in [0.717, 1.165) is 45.1 Å². The number of nitrogens with one attached hydrogen (secondary N) is 3. The molecular formula is C19H26N6. The zero-order valence-corrected chi connectivity index (χ0v) is 14.5. The summed E-state index contributed by atoms with van der Waals surface area (Å²) in [5, 5.41) is 14.7. The van der Waals surface area contributed by atoms with Gasteiger partial charge in [0.25, 0.3) is 0 Å². The van der Waals surface area contributed by atoms with Gasteiger partial charge in [-0.2, -0.15) is 5.26 Å². The molecule has 0 saturated heterocycles. The van der Waals surface area contributed by atoms with Crippen molar-refractivity contribution in [1.29, 1.82) is 5.26 Å². The Labute approximate surface area is 149 Å². The number of nitriles is 1. The first kappa shape index (κ1) is 18.5. The van der Waals surface area contributed by atoms with Crippen LogP contribution < -0.4 is 10.6 Å². The minimum Gasteiger partial charge on any atom is -0.356 e. The first-order valence-corrected chi connectivity index (χ1v) is 8.83. The molecule has 0 amide bonds. The Morgan fingerprint density at radius 1 is 1.12 bits per heavy atom. The molecule has 0 aliphatic rings. The van der Waals surface area contributed by atoms with E-state index in [2.05, 4.69) is 49.9 Å². The van der Waals surface area contributed by atoms with Gasteiger partial charge in [-0.1, -0.05) is 36.8 Å². The van der Waals surface area contributed by atoms with E-state index in [0.29, 0.717) is 12.5 Å². The van der Waals surface area contributed by atoms with E-state index in [9.17, 15) is 0 Å². The Balaban J connectivity index is 1.58. The molecule has 0 spiro atoms. The summed E-state index contributed by atoms with van der Waals surface area (Å²) in [5.74, 6) is 0.573. The molecule has 1 heterocycles. The maximum atomic E-state index is 8.83. The summed E-state index contributed by atoms with van der Waals surface area (Å²) in [5.41, 5.74) is 2.50. The summed E-state index contributed by atoms with van der Waals surface area (Å²) >= 11 is 0. The fourth-order valence-electron chi connectivity index (χ4n) is 2.56. The van der Waals surface area contributed by atoms with Gasteiger partial charge >= 0.3 is 0 Å². The van der Waals surface area contributed by atoms with Gasteiger partial charge in [0.15, 0.2) is 6.19 Å². The summed E-state index contributed by atoms with van der Waals surface area (Å²) in [6.07, 6.45) is 11.8. The maximum Gasteiger partial charge on any atom is 0.204 e. The van der Waals surface area contributed by atoms with Gasteiger partial charge in [0.05, 0.1) is 6.33 Å². The zero-order valence-electron chi connectivity index (χ0n) is 14.5. The van der Waals surface area contributed by atoms with Gasteiger partial charge in [0.2, 0.25) is 5.96 Å². The predicted molar refractivity (Wildman–Crippen MR) is 100.0 cm³/mol. The molecule has 1 aromatic heterocycles. The third kappa shape index (κ3) is 8.02. The van der Waals surface area contributed by atoms with Crippen molar-refractivity contribution < 1.29 is 0 Å². The summed E-state index contributed by atoms with van der Waals surface area (Å²) in [6.45, 7) is 1.51. The largest absolute Gasteiger partial charge is 0.356 e. The van der Waals surface area contributed by atoms with Gasteiger partial charge in [0, 0.05) is 25.0 Å². The van der Waals surface area contributed by atoms with Crippen molar-refractivity contribution in [1.82, 2.24) is 20.6 Å². The van der Waals surface area contributed by atoms with E-state index in [1.807, 2.05) is 18.5 Å². The van der Waals surface area contributed by atoms with Crippen molar-refractivity contribution in [2.24, 2.45) is 4.99 Å². The van der Waals surface area contributed by atoms with Crippen LogP contribution in [0.5, 0.6) is 0 Å². The van der Waals surface area contributed by atoms with Crippen LogP contribution in [0.15, 0.2) is 47.8 Å². The maximum absolute atomic E-state index is 8.83. The lowest BCUT2D eigenvalue weighted by molar-refractivity contribution is 0.654. The molecular weight excluding hydrogens is 312 g/mol. The Bertz CT molecular complexity index is 642. The molecule has 2 aromatic rings. The van der Waals surface area contributed by atoms with Crippen molar-refractivity contribution in [2.45, 2.75) is 38.5 Å². The lowest BCUT2D eigenvalue weighted by Crippen LogP contribution is -2.35. The van der Waals surface area contributed by atoms with E-state index in [1.165, 1.54) is 11.3 Å². The number of unbranched alkanes of at least 4 members (excludes halogenated alkanes) is 2. The number of imidazole rings is 1. The highest BCUT2D eigenvalue weighted by molar-refractivity contribution is 5.81. The molecule has 6 heteroatoms. The van der Waals surface area contributed by atoms with Crippen molar-refractivity contribution >= 4 is 5.96 Å². The van der Waals surface area contributed by atoms with Crippen LogP contribution in [-0.4, -0.2) is 29.0 Å². The molecule has 0 saturated carbocycles. The third-order valence-electron chi connectivity index (χ3n) is 3.88. The first-order valence-electron chi connectivity index (χ1n) is 8.83. The summed E-state index contributed by atoms with van der Waals surface area (Å²) in [6, 6.07) is 10.4. The number of guanidine groups is 1. The Morgan fingerprint density at radius 3 is 2.76 bits per heavy atom. The number of nitrogens with zero attached hydrogens (tertiary/aromatic N) is 3. The van der Waals surface area contributed by atoms with E-state index in [-0.39, 0.29) is 0 Å². The normalized spacial score (nSPS) is 11.1. The van der Waals surface area contributed by atoms with Crippen LogP contribution in [0.3, 0.4) is 0 Å². The second-order valence-electron chi connectivity index (χ2n) is 5.87. The molecule has 0 fully saturated rings. The Hall–Kier alpha value is -2.81. The predicted octanol–water partition coefficient (Wildman–Crippen LogP) is 2.77. The molecule has 0 radical (unpaired) electrons. The third-order valence-corrected chi connectivity index (χ3v) is 3.88. The van der Waals surface area contributed by atoms with Gasteiger partial charge in [-0.05, 0) is 37.7 Å². The van der Waals surface area contributed by atoms with Crippen LogP contribution >= 0.6 is 0 Å². The number of aromatic amines is 1. The molecule has 2 rings (SSSR count). The minimum atomic E-state index is 0.573. The van der Waals surface area contributed by atoms with Crippen LogP contribution in [0.25, 0.3) is 0 Å². The second-order valence-corrected chi connectivity index (χ2v) is 5.87. The number of hydrogen-bond acceptors (Lipinski definition) is 3. The molecule has 0 unspecified atom stereocenters. The number of hydrogen-bond donors (Lipinski definition) is 3. The molecule has 132 valence electrons. The van der Waals surface area contributed by atoms with E-state index in [1.54, 1.807) is 6.33 Å². The molecule has 6 nitrogen and oxygen atoms in total. The lowest BCUT2D eigenvalue weighted by Gasteiger charge is -2.08. The quantitative estimate of drug-likeness (QED) is 0.204. The molecule has 0 aliphatic heterocycles. The second kappa shape index (κ2) is 11.7. The number of aromatic nitrogens is 2. The van der Waals surface area contributed by atoms with Crippen LogP contribution in [0, 0.1) is 11.5 Å². The van der Waals surface area contributed by atoms with Gasteiger partial charge in [-0.25, -0.2) is 4.98 Å². The van der Waals surface area contributed by atoms with Crippen LogP contribution in [0.2, 0.25) is 0 Å². The summed E-state index contributed by atoms with van der Waals surface area (Å²) in [4.78, 5) is 11.6. The Morgan fingerprint density at radius 2 is 2.00 bits per heavy atom. The van der Waals surface area contributed by atoms with Gasteiger partial charge in [-0.3, -0.25) is 10.3 Å². The van der Waals surface area contributed by atoms with E-state index < -0.39 is 0 Å². The van der Waals surface area contributed by atoms with Crippen molar-refractivity contribution in [3.63, 3.8) is 0 Å². The van der Waals surface area contributed by atoms with Crippen molar-refractivity contribution in [2.75, 3.05) is 13.1 Å². The van der Waals surface area contributed by atoms with Crippen LogP contribution in [-0.2, 0) is 12.8 Å². The van der Waals surface area contributed by atoms with E-state index in [4.69, 9.17) is 5.26 Å². The molecule has 3 N–H and O–H groups in total. The summed E-state index contributed by atoms with van der Waals surface area (Å²) in [7, 11) is 0. The van der Waals surface area contributed by atoms with Crippen molar-refractivity contribution in [3.8, 4) is 6.19 Å². The van der Waals surface area contributed by atoms with Crippen molar-refractivity contribution in [3.05, 3.63) is 54.1 Å². The number of aliphatic imine (C=N–C) groups is 1. The fraction of sp³-hybridized carbons (Fsp3) is 0.421. The van der Waals surface area contributed by atoms with Crippen LogP contribution in [0.1, 0.15) is 36.9 Å². The Kier molecular flexibility index (Phi) is 8.66. The molecule has 25 heavy (non-hydrogen) atoms. The zero-order chi connectivity index (χ0) is 17.6. The standard InChI is InChI=1S/C19H26N6/c20-15-24-19(23-13-7-10-17-8-3-1-4-9-17)22-12-6-2-5-11-18-14-21-16-25-18/h1,3-4,8-9,14,16H,2,5-7,10-13H2,(H,21,25)(H2,22,23,24). The van der Waals surface area contributed by atoms with Crippen LogP contribution in [0.4, 0.5) is 0 Å². The summed E-state index contributed by atoms with van der Waals surface area (Å²) < 4.78 is 0. The molecule has 0 aliphatic carbocycles. The molecule has 0 atom stereocenters. The number of aryl methyl sites for hydroxylation is 2. The lowest BCUT2D eigenvalue weighted by atomic mass is 10.1. The average Bonchev–Trinajstić information content (AvgIpc) is 3.16. The SMILES string of the molecule is N#CNC(=NCCCc1ccccc1)NCCCCCc1cnc[nH]1. The highest BCUT2D eigenvalue weighted by Crippen LogP contribution is 2.03. The number of H-pyrrole nitrogens is 1. The highest BCUT2D eigenvalue weighted by Gasteiger charge is 1.98. The monoisotopic (exact) mass is 338 g/mol. The minimum absolute atomic E-state index is 0.573. The smallest absolute Gasteiger partial charge is 0.204 e. The topological polar surface area (TPSA) is 88.9 Å². The first-order chi connectivity index (χ1) is 12.4. The fourth-order valence-corrected chi connectivity index (χ4v) is 2.56. The van der Waals surface area contributed by atoms with E-state index >= 15 is 0 Å². The van der Waals surface area contributed by atoms with Gasteiger partial charge in [0.1, 0.15) is 0 Å². The average molecular weight is 338 g/mol. The van der Waals surface area contributed by atoms with Gasteiger partial charge < -0.3 is 10.3 Å². The number of benzene rings is 1.